The third kappa shape index (κ3) is 6.67. The zero-order valence-electron chi connectivity index (χ0n) is 16.3. The highest BCUT2D eigenvalue weighted by Gasteiger charge is 2.33. The van der Waals surface area contributed by atoms with Crippen molar-refractivity contribution in [2.45, 2.75) is 82.8 Å². The van der Waals surface area contributed by atoms with Gasteiger partial charge in [0, 0.05) is 11.3 Å². The van der Waals surface area contributed by atoms with Gasteiger partial charge in [-0.1, -0.05) is 19.8 Å². The third-order valence-corrected chi connectivity index (χ3v) is 7.99. The largest absolute Gasteiger partial charge is 0.348 e. The van der Waals surface area contributed by atoms with Gasteiger partial charge in [0.25, 0.3) is 0 Å². The summed E-state index contributed by atoms with van der Waals surface area (Å²) in [6.45, 7) is 9.56. The first-order valence-corrected chi connectivity index (χ1v) is 12.2. The van der Waals surface area contributed by atoms with E-state index in [1.165, 1.54) is 4.88 Å². The van der Waals surface area contributed by atoms with Gasteiger partial charge in [0.15, 0.2) is 5.79 Å². The van der Waals surface area contributed by atoms with Crippen LogP contribution in [0.15, 0.2) is 15.9 Å². The molecule has 1 saturated heterocycles. The minimum Gasteiger partial charge on any atom is -0.348 e. The van der Waals surface area contributed by atoms with E-state index in [0.29, 0.717) is 13.2 Å². The number of thiophene rings is 1. The van der Waals surface area contributed by atoms with E-state index in [2.05, 4.69) is 39.7 Å². The number of nitrogens with one attached hydrogen (secondary N) is 1. The maximum atomic E-state index is 12.6. The summed E-state index contributed by atoms with van der Waals surface area (Å²) in [5, 5.41) is 0. The number of unbranched alkanes of at least 4 members (excludes halogenated alkanes) is 2. The molecule has 0 bridgehead atoms. The molecule has 0 unspecified atom stereocenters. The Hall–Kier alpha value is 0.210. The normalized spacial score (nSPS) is 19.6. The number of halogens is 1. The maximum absolute atomic E-state index is 12.6. The molecule has 0 spiro atoms. The molecule has 1 aliphatic rings. The highest BCUT2D eigenvalue weighted by atomic mass is 79.9. The maximum Gasteiger partial charge on any atom is 0.168 e. The van der Waals surface area contributed by atoms with E-state index in [4.69, 9.17) is 9.47 Å². The zero-order valence-corrected chi connectivity index (χ0v) is 19.5. The fraction of sp³-hybridized carbons (Fsp3) is 0.789. The lowest BCUT2D eigenvalue weighted by Crippen LogP contribution is -2.35. The van der Waals surface area contributed by atoms with Crippen LogP contribution in [0, 0.1) is 0 Å². The molecule has 2 heterocycles. The molecule has 0 aromatic carbocycles. The van der Waals surface area contributed by atoms with Gasteiger partial charge < -0.3 is 9.47 Å². The predicted molar refractivity (Wildman–Crippen MR) is 114 cm³/mol. The molecule has 2 atom stereocenters. The quantitative estimate of drug-likeness (QED) is 0.450. The molecular formula is C19H32BrNO3S2. The van der Waals surface area contributed by atoms with Gasteiger partial charge in [-0.05, 0) is 68.1 Å². The molecule has 1 aliphatic heterocycles. The Balaban J connectivity index is 1.83. The summed E-state index contributed by atoms with van der Waals surface area (Å²) in [6.07, 6.45) is 6.16. The Morgan fingerprint density at radius 1 is 1.27 bits per heavy atom. The molecule has 0 radical (unpaired) electrons. The van der Waals surface area contributed by atoms with Gasteiger partial charge in [-0.3, -0.25) is 0 Å². The summed E-state index contributed by atoms with van der Waals surface area (Å²) < 4.78 is 28.4. The second kappa shape index (κ2) is 10.1. The summed E-state index contributed by atoms with van der Waals surface area (Å²) in [5.41, 5.74) is 0. The van der Waals surface area contributed by atoms with Gasteiger partial charge in [-0.25, -0.2) is 8.93 Å². The van der Waals surface area contributed by atoms with Gasteiger partial charge in [-0.2, -0.15) is 0 Å². The van der Waals surface area contributed by atoms with Crippen LogP contribution < -0.4 is 4.72 Å². The first kappa shape index (κ1) is 22.5. The Morgan fingerprint density at radius 2 is 1.96 bits per heavy atom. The summed E-state index contributed by atoms with van der Waals surface area (Å²) >= 11 is 5.25. The smallest absolute Gasteiger partial charge is 0.168 e. The summed E-state index contributed by atoms with van der Waals surface area (Å²) in [7, 11) is -1.07. The van der Waals surface area contributed by atoms with Crippen LogP contribution >= 0.6 is 27.3 Å². The average molecular weight is 467 g/mol. The number of hydrogen-bond donors (Lipinski definition) is 1. The van der Waals surface area contributed by atoms with Gasteiger partial charge in [0.2, 0.25) is 0 Å². The molecule has 150 valence electrons. The standard InChI is InChI=1S/C19H32BrNO3S2/c1-5-19(23-13-14-24-19)12-8-6-7-9-15(16-10-11-17(20)25-16)21-26(22)18(2,3)4/h10-11,15,21H,5-9,12-14H2,1-4H3/t15-,26+/m0/s1. The van der Waals surface area contributed by atoms with E-state index in [1.54, 1.807) is 11.3 Å². The molecule has 1 N–H and O–H groups in total. The van der Waals surface area contributed by atoms with Gasteiger partial charge in [-0.15, -0.1) is 11.3 Å². The summed E-state index contributed by atoms with van der Waals surface area (Å²) in [5.74, 6) is -0.343. The fourth-order valence-corrected chi connectivity index (χ4v) is 5.46. The van der Waals surface area contributed by atoms with Crippen molar-refractivity contribution < 1.29 is 13.7 Å². The molecule has 1 aromatic heterocycles. The van der Waals surface area contributed by atoms with Crippen LogP contribution in [0.5, 0.6) is 0 Å². The Bertz CT molecular complexity index is 580. The van der Waals surface area contributed by atoms with Crippen LogP contribution in [-0.4, -0.2) is 28.0 Å². The van der Waals surface area contributed by atoms with E-state index in [-0.39, 0.29) is 16.6 Å². The monoisotopic (exact) mass is 465 g/mol. The molecule has 1 fully saturated rings. The van der Waals surface area contributed by atoms with E-state index in [1.807, 2.05) is 20.8 Å². The lowest BCUT2D eigenvalue weighted by molar-refractivity contribution is -0.164. The molecule has 1 aromatic rings. The molecule has 0 saturated carbocycles. The minimum atomic E-state index is -1.07. The van der Waals surface area contributed by atoms with Crippen molar-refractivity contribution in [3.05, 3.63) is 20.8 Å². The van der Waals surface area contributed by atoms with Crippen LogP contribution in [0.2, 0.25) is 0 Å². The number of hydrogen-bond acceptors (Lipinski definition) is 4. The van der Waals surface area contributed by atoms with Crippen molar-refractivity contribution in [1.29, 1.82) is 0 Å². The average Bonchev–Trinajstić information content (AvgIpc) is 3.22. The highest BCUT2D eigenvalue weighted by molar-refractivity contribution is 9.11. The number of rotatable bonds is 10. The zero-order chi connectivity index (χ0) is 19.2. The molecular weight excluding hydrogens is 434 g/mol. The van der Waals surface area contributed by atoms with Crippen LogP contribution in [0.4, 0.5) is 0 Å². The van der Waals surface area contributed by atoms with Crippen molar-refractivity contribution >= 4 is 38.3 Å². The predicted octanol–water partition coefficient (Wildman–Crippen LogP) is 5.71. The van der Waals surface area contributed by atoms with Crippen LogP contribution in [0.1, 0.15) is 77.1 Å². The van der Waals surface area contributed by atoms with Crippen LogP contribution in [-0.2, 0) is 20.5 Å². The lowest BCUT2D eigenvalue weighted by Gasteiger charge is -2.26. The summed E-state index contributed by atoms with van der Waals surface area (Å²) in [6, 6.07) is 4.32. The van der Waals surface area contributed by atoms with E-state index in [9.17, 15) is 4.21 Å². The van der Waals surface area contributed by atoms with Crippen molar-refractivity contribution in [3.63, 3.8) is 0 Å². The van der Waals surface area contributed by atoms with Gasteiger partial charge >= 0.3 is 0 Å². The first-order valence-electron chi connectivity index (χ1n) is 9.47. The lowest BCUT2D eigenvalue weighted by atomic mass is 10.0. The van der Waals surface area contributed by atoms with Crippen LogP contribution in [0.25, 0.3) is 0 Å². The third-order valence-electron chi connectivity index (χ3n) is 4.65. The Morgan fingerprint density at radius 3 is 2.50 bits per heavy atom. The fourth-order valence-electron chi connectivity index (χ4n) is 3.02. The molecule has 2 rings (SSSR count). The van der Waals surface area contributed by atoms with Crippen molar-refractivity contribution in [2.24, 2.45) is 0 Å². The molecule has 7 heteroatoms. The van der Waals surface area contributed by atoms with E-state index >= 15 is 0 Å². The van der Waals surface area contributed by atoms with Gasteiger partial charge in [0.05, 0.1) is 38.8 Å². The van der Waals surface area contributed by atoms with Crippen molar-refractivity contribution in [3.8, 4) is 0 Å². The summed E-state index contributed by atoms with van der Waals surface area (Å²) in [4.78, 5) is 1.24. The second-order valence-corrected chi connectivity index (χ2v) is 12.2. The topological polar surface area (TPSA) is 47.6 Å². The molecule has 0 aliphatic carbocycles. The van der Waals surface area contributed by atoms with Crippen molar-refractivity contribution in [1.82, 2.24) is 4.72 Å². The Labute approximate surface area is 173 Å². The SMILES string of the molecule is CCC1(CCCCC[C@H](N[S@](=O)C(C)(C)C)c2ccc(Br)s2)OCCO1. The highest BCUT2D eigenvalue weighted by Crippen LogP contribution is 2.33. The number of ether oxygens (including phenoxy) is 2. The molecule has 26 heavy (non-hydrogen) atoms. The first-order chi connectivity index (χ1) is 12.3. The Kier molecular flexibility index (Phi) is 8.76. The minimum absolute atomic E-state index is 0.130. The van der Waals surface area contributed by atoms with Crippen LogP contribution in [0.3, 0.4) is 0 Å². The molecule has 4 nitrogen and oxygen atoms in total. The van der Waals surface area contributed by atoms with E-state index < -0.39 is 11.0 Å². The van der Waals surface area contributed by atoms with E-state index in [0.717, 1.165) is 42.3 Å². The second-order valence-electron chi connectivity index (χ2n) is 7.75. The van der Waals surface area contributed by atoms with Gasteiger partial charge in [0.1, 0.15) is 0 Å². The molecule has 0 amide bonds. The van der Waals surface area contributed by atoms with Crippen molar-refractivity contribution in [2.75, 3.05) is 13.2 Å².